The molecule has 0 heterocycles. The summed E-state index contributed by atoms with van der Waals surface area (Å²) in [5, 5.41) is 8.07. The first-order chi connectivity index (χ1) is 6.35. The van der Waals surface area contributed by atoms with E-state index in [2.05, 4.69) is 38.1 Å². The summed E-state index contributed by atoms with van der Waals surface area (Å²) in [5.74, 6) is 0. The van der Waals surface area contributed by atoms with Crippen LogP contribution in [0.4, 0.5) is 0 Å². The number of unbranched alkanes of at least 4 members (excludes halogenated alkanes) is 1. The van der Waals surface area contributed by atoms with Crippen molar-refractivity contribution in [1.82, 2.24) is 0 Å². The van der Waals surface area contributed by atoms with Crippen LogP contribution in [0.1, 0.15) is 32.3 Å². The summed E-state index contributed by atoms with van der Waals surface area (Å²) < 4.78 is 0. The molecular formula is C12H22O2. The van der Waals surface area contributed by atoms with Crippen molar-refractivity contribution in [3.8, 4) is 0 Å². The van der Waals surface area contributed by atoms with Gasteiger partial charge in [0.25, 0.3) is 0 Å². The molecule has 2 heteroatoms. The second-order valence-electron chi connectivity index (χ2n) is 2.92. The van der Waals surface area contributed by atoms with Gasteiger partial charge >= 0.3 is 0 Å². The monoisotopic (exact) mass is 198 g/mol. The molecule has 0 aliphatic carbocycles. The first kappa shape index (κ1) is 15.6. The number of rotatable bonds is 3. The predicted molar refractivity (Wildman–Crippen MR) is 61.4 cm³/mol. The van der Waals surface area contributed by atoms with Crippen LogP contribution < -0.4 is 0 Å². The van der Waals surface area contributed by atoms with Gasteiger partial charge in [-0.05, 0) is 18.4 Å². The van der Waals surface area contributed by atoms with E-state index < -0.39 is 0 Å². The molecule has 14 heavy (non-hydrogen) atoms. The van der Waals surface area contributed by atoms with E-state index in [1.165, 1.54) is 5.56 Å². The van der Waals surface area contributed by atoms with Crippen LogP contribution in [0.2, 0.25) is 0 Å². The summed E-state index contributed by atoms with van der Waals surface area (Å²) in [6.07, 6.45) is 3.18. The van der Waals surface area contributed by atoms with Gasteiger partial charge in [0.1, 0.15) is 0 Å². The average Bonchev–Trinajstić information content (AvgIpc) is 2.21. The Balaban J connectivity index is 0. The summed E-state index contributed by atoms with van der Waals surface area (Å²) in [5.41, 5.74) is 1.41. The summed E-state index contributed by atoms with van der Waals surface area (Å²) >= 11 is 0. The standard InChI is InChI=1S/C8H10.C4H10O.H2O/c1-2-8-6-4-3-5-7-8;1-2-3-4-5;/h3-7H,2H2,1H3;5H,2-4H2,1H3;1H2. The summed E-state index contributed by atoms with van der Waals surface area (Å²) in [6, 6.07) is 10.5. The summed E-state index contributed by atoms with van der Waals surface area (Å²) in [4.78, 5) is 0. The van der Waals surface area contributed by atoms with Crippen molar-refractivity contribution >= 4 is 0 Å². The van der Waals surface area contributed by atoms with Crippen molar-refractivity contribution in [2.45, 2.75) is 33.1 Å². The first-order valence-corrected chi connectivity index (χ1v) is 4.99. The highest BCUT2D eigenvalue weighted by Gasteiger charge is 1.79. The fourth-order valence-corrected chi connectivity index (χ4v) is 0.872. The molecule has 1 aromatic rings. The zero-order chi connectivity index (χ0) is 9.94. The van der Waals surface area contributed by atoms with Crippen molar-refractivity contribution in [1.29, 1.82) is 0 Å². The molecule has 0 unspecified atom stereocenters. The van der Waals surface area contributed by atoms with Crippen LogP contribution in [0.5, 0.6) is 0 Å². The third-order valence-electron chi connectivity index (χ3n) is 1.76. The lowest BCUT2D eigenvalue weighted by Crippen LogP contribution is -1.75. The quantitative estimate of drug-likeness (QED) is 0.795. The number of hydrogen-bond acceptors (Lipinski definition) is 1. The molecule has 0 saturated heterocycles. The van der Waals surface area contributed by atoms with Crippen LogP contribution in [-0.4, -0.2) is 17.2 Å². The molecule has 0 bridgehead atoms. The average molecular weight is 198 g/mol. The Labute approximate surface area is 86.9 Å². The summed E-state index contributed by atoms with van der Waals surface area (Å²) in [6.45, 7) is 4.56. The van der Waals surface area contributed by atoms with Gasteiger partial charge in [0.15, 0.2) is 0 Å². The molecule has 0 aliphatic rings. The van der Waals surface area contributed by atoms with Gasteiger partial charge in [0.05, 0.1) is 0 Å². The molecule has 0 radical (unpaired) electrons. The fraction of sp³-hybridized carbons (Fsp3) is 0.500. The molecule has 1 aromatic carbocycles. The highest BCUT2D eigenvalue weighted by atomic mass is 16.2. The van der Waals surface area contributed by atoms with Gasteiger partial charge in [-0.1, -0.05) is 50.6 Å². The Hall–Kier alpha value is -0.860. The lowest BCUT2D eigenvalue weighted by Gasteiger charge is -1.89. The molecule has 0 fully saturated rings. The lowest BCUT2D eigenvalue weighted by atomic mass is 10.2. The molecule has 2 nitrogen and oxygen atoms in total. The van der Waals surface area contributed by atoms with E-state index in [1.54, 1.807) is 0 Å². The van der Waals surface area contributed by atoms with Crippen LogP contribution in [-0.2, 0) is 6.42 Å². The lowest BCUT2D eigenvalue weighted by molar-refractivity contribution is 0.287. The van der Waals surface area contributed by atoms with E-state index in [4.69, 9.17) is 5.11 Å². The maximum atomic E-state index is 8.07. The van der Waals surface area contributed by atoms with E-state index in [0.717, 1.165) is 19.3 Å². The molecule has 82 valence electrons. The van der Waals surface area contributed by atoms with Crippen LogP contribution in [0.15, 0.2) is 30.3 Å². The van der Waals surface area contributed by atoms with Gasteiger partial charge in [-0.25, -0.2) is 0 Å². The Morgan fingerprint density at radius 3 is 1.86 bits per heavy atom. The Morgan fingerprint density at radius 1 is 1.07 bits per heavy atom. The number of aliphatic hydroxyl groups is 1. The van der Waals surface area contributed by atoms with Gasteiger partial charge in [-0.3, -0.25) is 0 Å². The summed E-state index contributed by atoms with van der Waals surface area (Å²) in [7, 11) is 0. The number of hydrogen-bond donors (Lipinski definition) is 1. The molecular weight excluding hydrogens is 176 g/mol. The fourth-order valence-electron chi connectivity index (χ4n) is 0.872. The predicted octanol–water partition coefficient (Wildman–Crippen LogP) is 2.20. The van der Waals surface area contributed by atoms with Gasteiger partial charge in [0, 0.05) is 6.61 Å². The van der Waals surface area contributed by atoms with E-state index in [0.29, 0.717) is 6.61 Å². The van der Waals surface area contributed by atoms with E-state index in [-0.39, 0.29) is 5.48 Å². The molecule has 0 aliphatic heterocycles. The third kappa shape index (κ3) is 9.23. The number of aryl methyl sites for hydroxylation is 1. The Bertz CT molecular complexity index is 183. The van der Waals surface area contributed by atoms with E-state index >= 15 is 0 Å². The van der Waals surface area contributed by atoms with Crippen LogP contribution in [0, 0.1) is 0 Å². The molecule has 0 saturated carbocycles. The zero-order valence-electron chi connectivity index (χ0n) is 9.16. The van der Waals surface area contributed by atoms with Crippen LogP contribution >= 0.6 is 0 Å². The minimum atomic E-state index is 0. The molecule has 0 spiro atoms. The van der Waals surface area contributed by atoms with Gasteiger partial charge in [-0.2, -0.15) is 0 Å². The number of aliphatic hydroxyl groups excluding tert-OH is 1. The SMILES string of the molecule is CCCCO.CCc1ccccc1.O. The van der Waals surface area contributed by atoms with Crippen molar-refractivity contribution < 1.29 is 10.6 Å². The van der Waals surface area contributed by atoms with Crippen molar-refractivity contribution in [2.24, 2.45) is 0 Å². The van der Waals surface area contributed by atoms with Crippen molar-refractivity contribution in [3.63, 3.8) is 0 Å². The van der Waals surface area contributed by atoms with Gasteiger partial charge < -0.3 is 10.6 Å². The van der Waals surface area contributed by atoms with E-state index in [1.807, 2.05) is 6.07 Å². The maximum Gasteiger partial charge on any atom is 0.0430 e. The zero-order valence-corrected chi connectivity index (χ0v) is 9.16. The molecule has 0 atom stereocenters. The second-order valence-corrected chi connectivity index (χ2v) is 2.92. The Morgan fingerprint density at radius 2 is 1.64 bits per heavy atom. The molecule has 1 rings (SSSR count). The van der Waals surface area contributed by atoms with Gasteiger partial charge in [0.2, 0.25) is 0 Å². The van der Waals surface area contributed by atoms with Crippen LogP contribution in [0.3, 0.4) is 0 Å². The maximum absolute atomic E-state index is 8.07. The minimum Gasteiger partial charge on any atom is -0.412 e. The molecule has 0 aromatic heterocycles. The third-order valence-corrected chi connectivity index (χ3v) is 1.76. The van der Waals surface area contributed by atoms with Crippen molar-refractivity contribution in [2.75, 3.05) is 6.61 Å². The molecule has 3 N–H and O–H groups in total. The smallest absolute Gasteiger partial charge is 0.0430 e. The highest BCUT2D eigenvalue weighted by molar-refractivity contribution is 5.13. The first-order valence-electron chi connectivity index (χ1n) is 4.99. The normalized spacial score (nSPS) is 8.21. The Kier molecular flexibility index (Phi) is 13.5. The minimum absolute atomic E-state index is 0. The topological polar surface area (TPSA) is 51.7 Å². The van der Waals surface area contributed by atoms with Crippen molar-refractivity contribution in [3.05, 3.63) is 35.9 Å². The largest absolute Gasteiger partial charge is 0.412 e. The van der Waals surface area contributed by atoms with Crippen LogP contribution in [0.25, 0.3) is 0 Å². The van der Waals surface area contributed by atoms with E-state index in [9.17, 15) is 0 Å². The van der Waals surface area contributed by atoms with Gasteiger partial charge in [-0.15, -0.1) is 0 Å². The number of benzene rings is 1. The molecule has 0 amide bonds. The highest BCUT2D eigenvalue weighted by Crippen LogP contribution is 1.96. The second kappa shape index (κ2) is 12.1.